The molecule has 3 aromatic rings. The number of aryl methyl sites for hydroxylation is 1. The first-order chi connectivity index (χ1) is 14.9. The van der Waals surface area contributed by atoms with Crippen LogP contribution >= 0.6 is 23.4 Å². The fourth-order valence-electron chi connectivity index (χ4n) is 3.07. The minimum absolute atomic E-state index is 0.0812. The van der Waals surface area contributed by atoms with Crippen molar-refractivity contribution < 1.29 is 14.1 Å². The number of anilines is 1. The van der Waals surface area contributed by atoms with E-state index in [9.17, 15) is 14.9 Å². The molecule has 0 unspecified atom stereocenters. The Bertz CT molecular complexity index is 1170. The third kappa shape index (κ3) is 4.76. The third-order valence-electron chi connectivity index (χ3n) is 4.72. The van der Waals surface area contributed by atoms with Gasteiger partial charge in [0.15, 0.2) is 5.50 Å². The van der Waals surface area contributed by atoms with Crippen molar-refractivity contribution in [2.45, 2.75) is 18.8 Å². The number of thioether (sulfide) groups is 1. The Morgan fingerprint density at radius 1 is 1.23 bits per heavy atom. The molecular formula is C22H18ClN3O4S. The Labute approximate surface area is 187 Å². The summed E-state index contributed by atoms with van der Waals surface area (Å²) in [5, 5.41) is 17.5. The number of nitro groups is 1. The van der Waals surface area contributed by atoms with E-state index in [0.29, 0.717) is 27.0 Å². The van der Waals surface area contributed by atoms with Crippen LogP contribution in [0.25, 0.3) is 17.4 Å². The zero-order chi connectivity index (χ0) is 22.0. The second-order valence-corrected chi connectivity index (χ2v) is 8.35. The first-order valence-corrected chi connectivity index (χ1v) is 10.8. The Morgan fingerprint density at radius 2 is 2.00 bits per heavy atom. The lowest BCUT2D eigenvalue weighted by Crippen LogP contribution is -2.30. The average molecular weight is 456 g/mol. The number of amides is 1. The highest BCUT2D eigenvalue weighted by Gasteiger charge is 2.27. The van der Waals surface area contributed by atoms with Crippen LogP contribution in [-0.4, -0.2) is 16.3 Å². The summed E-state index contributed by atoms with van der Waals surface area (Å²) in [6, 6.07) is 15.6. The molecule has 1 saturated heterocycles. The number of carbonyl (C=O) groups excluding carboxylic acids is 1. The highest BCUT2D eigenvalue weighted by Crippen LogP contribution is 2.35. The number of furan rings is 1. The van der Waals surface area contributed by atoms with Crippen molar-refractivity contribution in [2.75, 3.05) is 5.32 Å². The minimum Gasteiger partial charge on any atom is -0.457 e. The molecule has 1 amide bonds. The number of carbonyl (C=O) groups is 1. The molecule has 9 heteroatoms. The molecule has 2 N–H and O–H groups in total. The molecule has 7 nitrogen and oxygen atoms in total. The summed E-state index contributed by atoms with van der Waals surface area (Å²) in [4.78, 5) is 23.4. The number of benzene rings is 2. The molecule has 0 saturated carbocycles. The molecule has 158 valence electrons. The molecule has 31 heavy (non-hydrogen) atoms. The maximum atomic E-state index is 12.4. The van der Waals surface area contributed by atoms with Crippen molar-refractivity contribution in [1.29, 1.82) is 0 Å². The van der Waals surface area contributed by atoms with E-state index >= 15 is 0 Å². The van der Waals surface area contributed by atoms with Crippen molar-refractivity contribution in [3.63, 3.8) is 0 Å². The molecule has 0 radical (unpaired) electrons. The summed E-state index contributed by atoms with van der Waals surface area (Å²) in [6.45, 7) is 2.10. The van der Waals surface area contributed by atoms with Crippen molar-refractivity contribution in [3.05, 3.63) is 86.0 Å². The molecular weight excluding hydrogens is 438 g/mol. The molecule has 1 aliphatic heterocycles. The van der Waals surface area contributed by atoms with E-state index < -0.39 is 4.92 Å². The van der Waals surface area contributed by atoms with Gasteiger partial charge in [0.05, 0.1) is 14.9 Å². The van der Waals surface area contributed by atoms with Crippen molar-refractivity contribution in [3.8, 4) is 11.3 Å². The summed E-state index contributed by atoms with van der Waals surface area (Å²) < 4.78 is 5.78. The van der Waals surface area contributed by atoms with Crippen LogP contribution in [0.2, 0.25) is 5.02 Å². The molecule has 4 rings (SSSR count). The predicted molar refractivity (Wildman–Crippen MR) is 123 cm³/mol. The quantitative estimate of drug-likeness (QED) is 0.282. The van der Waals surface area contributed by atoms with Crippen LogP contribution in [-0.2, 0) is 11.2 Å². The largest absolute Gasteiger partial charge is 0.457 e. The molecule has 0 bridgehead atoms. The van der Waals surface area contributed by atoms with Crippen molar-refractivity contribution in [2.24, 2.45) is 0 Å². The maximum absolute atomic E-state index is 12.4. The molecule has 0 aliphatic carbocycles. The number of nitro benzene ring substituents is 1. The zero-order valence-corrected chi connectivity index (χ0v) is 18.0. The van der Waals surface area contributed by atoms with E-state index in [0.717, 1.165) is 12.1 Å². The van der Waals surface area contributed by atoms with Gasteiger partial charge in [-0.15, -0.1) is 0 Å². The zero-order valence-electron chi connectivity index (χ0n) is 16.4. The number of non-ortho nitro benzene ring substituents is 1. The first-order valence-electron chi connectivity index (χ1n) is 9.52. The second-order valence-electron chi connectivity index (χ2n) is 6.80. The normalized spacial score (nSPS) is 17.0. The van der Waals surface area contributed by atoms with Gasteiger partial charge in [-0.1, -0.05) is 42.4 Å². The lowest BCUT2D eigenvalue weighted by atomic mass is 10.1. The van der Waals surface area contributed by atoms with Gasteiger partial charge < -0.3 is 15.1 Å². The number of nitrogens with zero attached hydrogens (tertiary/aromatic N) is 1. The number of nitrogens with one attached hydrogen (secondary N) is 2. The molecule has 1 aliphatic rings. The summed E-state index contributed by atoms with van der Waals surface area (Å²) in [5.41, 5.74) is 2.19. The first kappa shape index (κ1) is 21.0. The second kappa shape index (κ2) is 8.87. The van der Waals surface area contributed by atoms with Crippen LogP contribution in [0, 0.1) is 10.1 Å². The standard InChI is InChI=1S/C22H18ClN3O4S/c1-2-13-3-5-14(6-4-13)24-22-25-21(27)20(31-22)12-16-8-10-19(30-16)17-11-15(26(28)29)7-9-18(17)23/h3-12,22,24H,2H2,1H3,(H,25,27)/b20-12-/t22-/m0/s1. The van der Waals surface area contributed by atoms with Gasteiger partial charge in [-0.25, -0.2) is 0 Å². The third-order valence-corrected chi connectivity index (χ3v) is 6.08. The topological polar surface area (TPSA) is 97.4 Å². The highest BCUT2D eigenvalue weighted by atomic mass is 35.5. The van der Waals surface area contributed by atoms with Gasteiger partial charge in [0.2, 0.25) is 0 Å². The lowest BCUT2D eigenvalue weighted by molar-refractivity contribution is -0.384. The fraction of sp³-hybridized carbons (Fsp3) is 0.136. The van der Waals surface area contributed by atoms with Gasteiger partial charge in [0, 0.05) is 29.5 Å². The fourth-order valence-corrected chi connectivity index (χ4v) is 4.25. The monoisotopic (exact) mass is 455 g/mol. The Morgan fingerprint density at radius 3 is 2.71 bits per heavy atom. The Balaban J connectivity index is 1.49. The van der Waals surface area contributed by atoms with Gasteiger partial charge in [0.25, 0.3) is 11.6 Å². The molecule has 1 atom stereocenters. The van der Waals surface area contributed by atoms with Gasteiger partial charge in [0.1, 0.15) is 11.5 Å². The Hall–Kier alpha value is -3.23. The molecule has 0 spiro atoms. The summed E-state index contributed by atoms with van der Waals surface area (Å²) in [7, 11) is 0. The van der Waals surface area contributed by atoms with Crippen LogP contribution in [0.5, 0.6) is 0 Å². The van der Waals surface area contributed by atoms with Crippen LogP contribution in [0.4, 0.5) is 11.4 Å². The van der Waals surface area contributed by atoms with Crippen LogP contribution < -0.4 is 10.6 Å². The maximum Gasteiger partial charge on any atom is 0.270 e. The van der Waals surface area contributed by atoms with E-state index in [1.807, 2.05) is 24.3 Å². The molecule has 1 aromatic heterocycles. The smallest absolute Gasteiger partial charge is 0.270 e. The molecule has 2 aromatic carbocycles. The summed E-state index contributed by atoms with van der Waals surface area (Å²) in [6.07, 6.45) is 2.60. The van der Waals surface area contributed by atoms with Crippen molar-refractivity contribution in [1.82, 2.24) is 5.32 Å². The minimum atomic E-state index is -0.492. The summed E-state index contributed by atoms with van der Waals surface area (Å²) >= 11 is 7.53. The number of rotatable bonds is 6. The van der Waals surface area contributed by atoms with Gasteiger partial charge in [-0.2, -0.15) is 0 Å². The van der Waals surface area contributed by atoms with Gasteiger partial charge in [-0.05, 0) is 42.3 Å². The van der Waals surface area contributed by atoms with Crippen LogP contribution in [0.1, 0.15) is 18.2 Å². The van der Waals surface area contributed by atoms with E-state index in [4.69, 9.17) is 16.0 Å². The molecule has 2 heterocycles. The predicted octanol–water partition coefficient (Wildman–Crippen LogP) is 5.67. The number of halogens is 1. The number of hydrogen-bond acceptors (Lipinski definition) is 6. The van der Waals surface area contributed by atoms with Crippen molar-refractivity contribution >= 4 is 46.7 Å². The SMILES string of the molecule is CCc1ccc(N[C@H]2NC(=O)/C(=C/c3ccc(-c4cc([N+](=O)[O-])ccc4Cl)o3)S2)cc1. The summed E-state index contributed by atoms with van der Waals surface area (Å²) in [5.74, 6) is 0.622. The lowest BCUT2D eigenvalue weighted by Gasteiger charge is -2.12. The average Bonchev–Trinajstić information content (AvgIpc) is 3.35. The van der Waals surface area contributed by atoms with Gasteiger partial charge in [-0.3, -0.25) is 14.9 Å². The molecule has 1 fully saturated rings. The van der Waals surface area contributed by atoms with Crippen LogP contribution in [0.3, 0.4) is 0 Å². The van der Waals surface area contributed by atoms with E-state index in [2.05, 4.69) is 17.6 Å². The highest BCUT2D eigenvalue weighted by molar-refractivity contribution is 8.05. The van der Waals surface area contributed by atoms with E-state index in [1.165, 1.54) is 35.5 Å². The Kier molecular flexibility index (Phi) is 6.01. The number of hydrogen-bond donors (Lipinski definition) is 2. The van der Waals surface area contributed by atoms with E-state index in [-0.39, 0.29) is 17.1 Å². The van der Waals surface area contributed by atoms with Crippen LogP contribution in [0.15, 0.2) is 63.9 Å². The van der Waals surface area contributed by atoms with Gasteiger partial charge >= 0.3 is 0 Å². The van der Waals surface area contributed by atoms with E-state index in [1.54, 1.807) is 18.2 Å².